The van der Waals surface area contributed by atoms with Crippen LogP contribution in [0.2, 0.25) is 5.02 Å². The smallest absolute Gasteiger partial charge is 0.248 e. The fourth-order valence-electron chi connectivity index (χ4n) is 1.63. The summed E-state index contributed by atoms with van der Waals surface area (Å²) in [6.07, 6.45) is 3.21. The van der Waals surface area contributed by atoms with Crippen molar-refractivity contribution >= 4 is 29.3 Å². The number of carbonyl (C=O) groups excluding carboxylic acids is 1. The van der Waals surface area contributed by atoms with Crippen molar-refractivity contribution < 1.29 is 9.53 Å². The van der Waals surface area contributed by atoms with E-state index in [1.165, 1.54) is 6.08 Å². The highest BCUT2D eigenvalue weighted by Crippen LogP contribution is 2.15. The largest absolute Gasteiger partial charge is 0.497 e. The Bertz CT molecular complexity index is 621. The Hall–Kier alpha value is -2.26. The molecule has 1 amide bonds. The normalized spacial score (nSPS) is 10.5. The van der Waals surface area contributed by atoms with E-state index in [0.717, 1.165) is 11.3 Å². The zero-order chi connectivity index (χ0) is 14.4. The van der Waals surface area contributed by atoms with Crippen LogP contribution in [-0.2, 0) is 4.79 Å². The van der Waals surface area contributed by atoms with E-state index in [4.69, 9.17) is 16.3 Å². The van der Waals surface area contributed by atoms with Crippen molar-refractivity contribution in [3.8, 4) is 5.75 Å². The fraction of sp³-hybridized carbons (Fsp3) is 0.0625. The molecule has 1 N–H and O–H groups in total. The van der Waals surface area contributed by atoms with Crippen LogP contribution in [0.25, 0.3) is 6.08 Å². The van der Waals surface area contributed by atoms with Gasteiger partial charge in [0.1, 0.15) is 5.75 Å². The Kier molecular flexibility index (Phi) is 4.80. The Morgan fingerprint density at radius 1 is 1.20 bits per heavy atom. The molecule has 0 aliphatic carbocycles. The maximum atomic E-state index is 11.8. The molecule has 0 saturated heterocycles. The van der Waals surface area contributed by atoms with Crippen LogP contribution >= 0.6 is 11.6 Å². The molecular formula is C16H14ClNO2. The number of rotatable bonds is 4. The maximum absolute atomic E-state index is 11.8. The van der Waals surface area contributed by atoms with Gasteiger partial charge in [0, 0.05) is 16.8 Å². The van der Waals surface area contributed by atoms with Crippen LogP contribution in [0.5, 0.6) is 5.75 Å². The van der Waals surface area contributed by atoms with Crippen molar-refractivity contribution in [2.75, 3.05) is 12.4 Å². The summed E-state index contributed by atoms with van der Waals surface area (Å²) in [5.74, 6) is 0.556. The molecule has 4 heteroatoms. The molecule has 0 fully saturated rings. The lowest BCUT2D eigenvalue weighted by Gasteiger charge is -2.02. The van der Waals surface area contributed by atoms with Crippen molar-refractivity contribution in [2.24, 2.45) is 0 Å². The number of halogens is 1. The highest BCUT2D eigenvalue weighted by molar-refractivity contribution is 6.30. The molecule has 2 aromatic carbocycles. The molecule has 20 heavy (non-hydrogen) atoms. The van der Waals surface area contributed by atoms with Crippen LogP contribution in [0.3, 0.4) is 0 Å². The summed E-state index contributed by atoms with van der Waals surface area (Å²) in [7, 11) is 1.61. The molecule has 0 atom stereocenters. The van der Waals surface area contributed by atoms with Gasteiger partial charge in [-0.2, -0.15) is 0 Å². The summed E-state index contributed by atoms with van der Waals surface area (Å²) in [6.45, 7) is 0. The molecule has 0 unspecified atom stereocenters. The van der Waals surface area contributed by atoms with Crippen LogP contribution in [0.1, 0.15) is 5.56 Å². The first-order chi connectivity index (χ1) is 9.67. The van der Waals surface area contributed by atoms with E-state index in [9.17, 15) is 4.79 Å². The minimum atomic E-state index is -0.199. The first-order valence-electron chi connectivity index (χ1n) is 6.06. The van der Waals surface area contributed by atoms with Crippen LogP contribution in [-0.4, -0.2) is 13.0 Å². The molecule has 0 aromatic heterocycles. The van der Waals surface area contributed by atoms with E-state index in [1.807, 2.05) is 24.3 Å². The first kappa shape index (κ1) is 14.2. The first-order valence-corrected chi connectivity index (χ1v) is 6.44. The third kappa shape index (κ3) is 4.14. The van der Waals surface area contributed by atoms with E-state index < -0.39 is 0 Å². The molecule has 3 nitrogen and oxygen atoms in total. The lowest BCUT2D eigenvalue weighted by Crippen LogP contribution is -2.07. The fourth-order valence-corrected chi connectivity index (χ4v) is 1.76. The molecule has 2 rings (SSSR count). The number of ether oxygens (including phenoxy) is 1. The second kappa shape index (κ2) is 6.78. The number of methoxy groups -OCH3 is 1. The van der Waals surface area contributed by atoms with Gasteiger partial charge in [0.05, 0.1) is 7.11 Å². The number of carbonyl (C=O) groups is 1. The average molecular weight is 288 g/mol. The van der Waals surface area contributed by atoms with Crippen molar-refractivity contribution in [1.82, 2.24) is 0 Å². The molecule has 0 heterocycles. The topological polar surface area (TPSA) is 38.3 Å². The molecule has 0 aliphatic heterocycles. The summed E-state index contributed by atoms with van der Waals surface area (Å²) in [5.41, 5.74) is 1.60. The van der Waals surface area contributed by atoms with E-state index >= 15 is 0 Å². The highest BCUT2D eigenvalue weighted by Gasteiger charge is 1.98. The van der Waals surface area contributed by atoms with Gasteiger partial charge in [0.2, 0.25) is 5.91 Å². The Morgan fingerprint density at radius 3 is 2.65 bits per heavy atom. The van der Waals surface area contributed by atoms with Gasteiger partial charge in [-0.25, -0.2) is 0 Å². The van der Waals surface area contributed by atoms with E-state index in [-0.39, 0.29) is 5.91 Å². The zero-order valence-electron chi connectivity index (χ0n) is 11.0. The summed E-state index contributed by atoms with van der Waals surface area (Å²) < 4.78 is 5.12. The number of hydrogen-bond donors (Lipinski definition) is 1. The number of hydrogen-bond acceptors (Lipinski definition) is 2. The van der Waals surface area contributed by atoms with Gasteiger partial charge in [-0.3, -0.25) is 4.79 Å². The number of amides is 1. The van der Waals surface area contributed by atoms with Crippen LogP contribution < -0.4 is 10.1 Å². The highest BCUT2D eigenvalue weighted by atomic mass is 35.5. The molecule has 0 bridgehead atoms. The minimum Gasteiger partial charge on any atom is -0.497 e. The lowest BCUT2D eigenvalue weighted by atomic mass is 10.2. The standard InChI is InChI=1S/C16H14ClNO2/c1-20-15-4-2-3-12(11-15)5-10-16(19)18-14-8-6-13(17)7-9-14/h2-11H,1H3,(H,18,19)/b10-5-. The lowest BCUT2D eigenvalue weighted by molar-refractivity contribution is -0.111. The van der Waals surface area contributed by atoms with E-state index in [0.29, 0.717) is 10.7 Å². The second-order valence-corrected chi connectivity index (χ2v) is 4.54. The summed E-state index contributed by atoms with van der Waals surface area (Å²) >= 11 is 5.78. The van der Waals surface area contributed by atoms with Crippen molar-refractivity contribution in [2.45, 2.75) is 0 Å². The maximum Gasteiger partial charge on any atom is 0.248 e. The Balaban J connectivity index is 1.99. The predicted molar refractivity (Wildman–Crippen MR) is 82.1 cm³/mol. The van der Waals surface area contributed by atoms with Gasteiger partial charge in [-0.05, 0) is 48.0 Å². The quantitative estimate of drug-likeness (QED) is 0.863. The molecule has 102 valence electrons. The van der Waals surface area contributed by atoms with Gasteiger partial charge in [-0.1, -0.05) is 23.7 Å². The van der Waals surface area contributed by atoms with Gasteiger partial charge in [0.15, 0.2) is 0 Å². The number of nitrogens with one attached hydrogen (secondary N) is 1. The molecule has 0 spiro atoms. The Labute approximate surface area is 122 Å². The summed E-state index contributed by atoms with van der Waals surface area (Å²) in [4.78, 5) is 11.8. The average Bonchev–Trinajstić information content (AvgIpc) is 2.48. The Morgan fingerprint density at radius 2 is 1.95 bits per heavy atom. The third-order valence-electron chi connectivity index (χ3n) is 2.63. The molecular weight excluding hydrogens is 274 g/mol. The van der Waals surface area contributed by atoms with Gasteiger partial charge in [-0.15, -0.1) is 0 Å². The number of anilines is 1. The zero-order valence-corrected chi connectivity index (χ0v) is 11.7. The molecule has 0 aliphatic rings. The van der Waals surface area contributed by atoms with E-state index in [1.54, 1.807) is 37.5 Å². The third-order valence-corrected chi connectivity index (χ3v) is 2.88. The molecule has 0 saturated carbocycles. The molecule has 0 radical (unpaired) electrons. The number of benzene rings is 2. The predicted octanol–water partition coefficient (Wildman–Crippen LogP) is 4.00. The molecule has 2 aromatic rings. The monoisotopic (exact) mass is 287 g/mol. The van der Waals surface area contributed by atoms with E-state index in [2.05, 4.69) is 5.32 Å². The van der Waals surface area contributed by atoms with Gasteiger partial charge in [0.25, 0.3) is 0 Å². The SMILES string of the molecule is COc1cccc(/C=C\C(=O)Nc2ccc(Cl)cc2)c1. The van der Waals surface area contributed by atoms with Crippen LogP contribution in [0.4, 0.5) is 5.69 Å². The van der Waals surface area contributed by atoms with Crippen LogP contribution in [0, 0.1) is 0 Å². The summed E-state index contributed by atoms with van der Waals surface area (Å²) in [6, 6.07) is 14.4. The summed E-state index contributed by atoms with van der Waals surface area (Å²) in [5, 5.41) is 3.39. The second-order valence-electron chi connectivity index (χ2n) is 4.11. The van der Waals surface area contributed by atoms with Crippen molar-refractivity contribution in [3.63, 3.8) is 0 Å². The minimum absolute atomic E-state index is 0.199. The van der Waals surface area contributed by atoms with Crippen molar-refractivity contribution in [1.29, 1.82) is 0 Å². The van der Waals surface area contributed by atoms with Crippen LogP contribution in [0.15, 0.2) is 54.6 Å². The van der Waals surface area contributed by atoms with Gasteiger partial charge >= 0.3 is 0 Å². The van der Waals surface area contributed by atoms with Gasteiger partial charge < -0.3 is 10.1 Å². The van der Waals surface area contributed by atoms with Crippen molar-refractivity contribution in [3.05, 3.63) is 65.2 Å².